The maximum atomic E-state index is 11.4. The Kier molecular flexibility index (Phi) is 6.82. The Balaban J connectivity index is 5.43. The third kappa shape index (κ3) is 4.45. The van der Waals surface area contributed by atoms with Crippen LogP contribution < -0.4 is 0 Å². The molecule has 0 spiro atoms. The van der Waals surface area contributed by atoms with Gasteiger partial charge in [-0.05, 0) is 0 Å². The minimum absolute atomic E-state index is 1.55. The van der Waals surface area contributed by atoms with Crippen LogP contribution in [0.5, 0.6) is 0 Å². The fourth-order valence-electron chi connectivity index (χ4n) is 1.44. The normalized spacial score (nSPS) is 12.0. The van der Waals surface area contributed by atoms with E-state index in [0.29, 0.717) is 0 Å². The zero-order valence-corrected chi connectivity index (χ0v) is 12.0. The van der Waals surface area contributed by atoms with Crippen LogP contribution in [0.2, 0.25) is 0 Å². The lowest BCUT2D eigenvalue weighted by molar-refractivity contribution is -0.970. The molecule has 0 aliphatic carbocycles. The van der Waals surface area contributed by atoms with Crippen LogP contribution in [0.25, 0.3) is 0 Å². The second-order valence-electron chi connectivity index (χ2n) is 4.20. The highest BCUT2D eigenvalue weighted by molar-refractivity contribution is 5.69. The molecule has 0 amide bonds. The minimum Gasteiger partial charge on any atom is -0.387 e. The number of nitrogens with zero attached hydrogens (tertiary/aromatic N) is 6. The Labute approximate surface area is 138 Å². The summed E-state index contributed by atoms with van der Waals surface area (Å²) in [5, 5.41) is 63.4. The molecule has 20 heteroatoms. The molecule has 20 nitrogen and oxygen atoms in total. The van der Waals surface area contributed by atoms with E-state index < -0.39 is 66.5 Å². The summed E-state index contributed by atoms with van der Waals surface area (Å²) in [6, 6.07) is 0. The van der Waals surface area contributed by atoms with Gasteiger partial charge < -0.3 is 4.74 Å². The molecule has 26 heavy (non-hydrogen) atoms. The van der Waals surface area contributed by atoms with Gasteiger partial charge in [0.1, 0.15) is 9.85 Å². The highest BCUT2D eigenvalue weighted by Crippen LogP contribution is 2.20. The summed E-state index contributed by atoms with van der Waals surface area (Å²) in [6.45, 7) is 0. The SMILES string of the molecule is O=C(CCC([N+](=O)[O-])([N+](=O)[O-])[N+](=O)[O-])OC(C([N+](=O)[O-])[N+](=O)[O-])[N+](=O)[O-]. The van der Waals surface area contributed by atoms with Crippen LogP contribution in [0.4, 0.5) is 0 Å². The van der Waals surface area contributed by atoms with E-state index in [2.05, 4.69) is 4.74 Å². The summed E-state index contributed by atoms with van der Waals surface area (Å²) in [5.74, 6) is -6.07. The van der Waals surface area contributed by atoms with E-state index in [1.165, 1.54) is 0 Å². The molecule has 0 aromatic rings. The molecule has 0 radical (unpaired) electrons. The Hall–Kier alpha value is -4.13. The first-order chi connectivity index (χ1) is 11.8. The van der Waals surface area contributed by atoms with Crippen LogP contribution >= 0.6 is 0 Å². The van der Waals surface area contributed by atoms with Crippen LogP contribution in [0, 0.1) is 60.7 Å². The standard InChI is InChI=1S/C6H6N6O14/c13-3(1-2-6(10(20)21,11(22)23)12(24)25)26-5(9(18)19)4(7(14)15)8(16)17/h4-5H,1-2H2. The van der Waals surface area contributed by atoms with E-state index in [1.54, 1.807) is 0 Å². The molecule has 144 valence electrons. The lowest BCUT2D eigenvalue weighted by atomic mass is 10.2. The number of carbonyl (C=O) groups is 1. The number of rotatable bonds is 11. The Morgan fingerprint density at radius 1 is 0.769 bits per heavy atom. The largest absolute Gasteiger partial charge is 0.700 e. The van der Waals surface area contributed by atoms with E-state index in [-0.39, 0.29) is 0 Å². The summed E-state index contributed by atoms with van der Waals surface area (Å²) in [6.07, 6.45) is -9.72. The van der Waals surface area contributed by atoms with Crippen LogP contribution in [0.1, 0.15) is 12.8 Å². The molecular weight excluding hydrogens is 380 g/mol. The third-order valence-corrected chi connectivity index (χ3v) is 2.69. The van der Waals surface area contributed by atoms with Crippen LogP contribution in [0.15, 0.2) is 0 Å². The van der Waals surface area contributed by atoms with Crippen molar-refractivity contribution >= 4 is 5.97 Å². The summed E-state index contributed by atoms with van der Waals surface area (Å²) in [4.78, 5) is 63.7. The molecule has 0 fully saturated rings. The van der Waals surface area contributed by atoms with Crippen LogP contribution in [0.3, 0.4) is 0 Å². The average Bonchev–Trinajstić information content (AvgIpc) is 2.44. The average molecular weight is 386 g/mol. The molecule has 0 N–H and O–H groups in total. The zero-order chi connectivity index (χ0) is 20.8. The molecule has 0 aromatic carbocycles. The van der Waals surface area contributed by atoms with E-state index in [4.69, 9.17) is 0 Å². The van der Waals surface area contributed by atoms with Gasteiger partial charge >= 0.3 is 24.1 Å². The van der Waals surface area contributed by atoms with Gasteiger partial charge in [0.15, 0.2) is 21.2 Å². The maximum absolute atomic E-state index is 11.4. The maximum Gasteiger partial charge on any atom is 0.700 e. The van der Waals surface area contributed by atoms with Crippen molar-refractivity contribution in [2.45, 2.75) is 31.0 Å². The van der Waals surface area contributed by atoms with Gasteiger partial charge in [0.25, 0.3) is 0 Å². The minimum atomic E-state index is -4.09. The van der Waals surface area contributed by atoms with E-state index in [1.807, 2.05) is 0 Å². The smallest absolute Gasteiger partial charge is 0.387 e. The Bertz CT molecular complexity index is 623. The number of esters is 1. The lowest BCUT2D eigenvalue weighted by Crippen LogP contribution is -2.53. The molecule has 0 aliphatic heterocycles. The number of nitro groups is 6. The van der Waals surface area contributed by atoms with Gasteiger partial charge in [-0.3, -0.25) is 65.5 Å². The second kappa shape index (κ2) is 8.11. The number of hydrogen-bond donors (Lipinski definition) is 0. The monoisotopic (exact) mass is 386 g/mol. The van der Waals surface area contributed by atoms with E-state index in [0.717, 1.165) is 0 Å². The predicted molar refractivity (Wildman–Crippen MR) is 67.6 cm³/mol. The quantitative estimate of drug-likeness (QED) is 0.165. The van der Waals surface area contributed by atoms with Gasteiger partial charge in [-0.2, -0.15) is 0 Å². The van der Waals surface area contributed by atoms with Gasteiger partial charge in [0.2, 0.25) is 0 Å². The molecule has 0 bridgehead atoms. The third-order valence-electron chi connectivity index (χ3n) is 2.69. The van der Waals surface area contributed by atoms with Crippen molar-refractivity contribution in [1.29, 1.82) is 0 Å². The topological polar surface area (TPSA) is 285 Å². The fourth-order valence-corrected chi connectivity index (χ4v) is 1.44. The molecule has 0 heterocycles. The lowest BCUT2D eigenvalue weighted by Gasteiger charge is -2.11. The van der Waals surface area contributed by atoms with Crippen molar-refractivity contribution in [3.63, 3.8) is 0 Å². The highest BCUT2D eigenvalue weighted by Gasteiger charge is 2.70. The number of ether oxygens (including phenoxy) is 1. The van der Waals surface area contributed by atoms with Gasteiger partial charge in [0.05, 0.1) is 11.3 Å². The Morgan fingerprint density at radius 2 is 1.15 bits per heavy atom. The van der Waals surface area contributed by atoms with Crippen molar-refractivity contribution < 1.29 is 39.1 Å². The molecule has 0 aromatic heterocycles. The van der Waals surface area contributed by atoms with Crippen molar-refractivity contribution in [3.8, 4) is 0 Å². The first-order valence-corrected chi connectivity index (χ1v) is 5.82. The first-order valence-electron chi connectivity index (χ1n) is 5.82. The predicted octanol–water partition coefficient (Wildman–Crippen LogP) is -1.72. The van der Waals surface area contributed by atoms with Gasteiger partial charge in [-0.15, -0.1) is 0 Å². The summed E-state index contributed by atoms with van der Waals surface area (Å²) in [7, 11) is 0. The van der Waals surface area contributed by atoms with Gasteiger partial charge in [0, 0.05) is 0 Å². The summed E-state index contributed by atoms with van der Waals surface area (Å²) >= 11 is 0. The van der Waals surface area contributed by atoms with Crippen molar-refractivity contribution in [3.05, 3.63) is 60.7 Å². The summed E-state index contributed by atoms with van der Waals surface area (Å²) in [5.41, 5.74) is 0. The fraction of sp³-hybridized carbons (Fsp3) is 0.833. The van der Waals surface area contributed by atoms with Crippen LogP contribution in [-0.2, 0) is 9.53 Å². The molecule has 1 unspecified atom stereocenters. The van der Waals surface area contributed by atoms with Gasteiger partial charge in [-0.25, -0.2) is 0 Å². The van der Waals surface area contributed by atoms with E-state index >= 15 is 0 Å². The second-order valence-corrected chi connectivity index (χ2v) is 4.20. The first kappa shape index (κ1) is 21.9. The molecule has 0 saturated carbocycles. The van der Waals surface area contributed by atoms with Crippen molar-refractivity contribution in [2.75, 3.05) is 0 Å². The number of hydrogen-bond acceptors (Lipinski definition) is 14. The molecule has 0 rings (SSSR count). The zero-order valence-electron chi connectivity index (χ0n) is 12.0. The van der Waals surface area contributed by atoms with Crippen molar-refractivity contribution in [1.82, 2.24) is 0 Å². The van der Waals surface area contributed by atoms with Crippen LogP contribution in [-0.4, -0.2) is 53.7 Å². The molecule has 0 saturated heterocycles. The Morgan fingerprint density at radius 3 is 1.42 bits per heavy atom. The van der Waals surface area contributed by atoms with E-state index in [9.17, 15) is 65.5 Å². The molecule has 1 atom stereocenters. The molecule has 0 aliphatic rings. The highest BCUT2D eigenvalue weighted by atomic mass is 16.7. The van der Waals surface area contributed by atoms with Gasteiger partial charge in [-0.1, -0.05) is 0 Å². The molecular formula is C6H6N6O14. The van der Waals surface area contributed by atoms with Crippen molar-refractivity contribution in [2.24, 2.45) is 0 Å². The number of carbonyl (C=O) groups excluding carboxylic acids is 1. The summed E-state index contributed by atoms with van der Waals surface area (Å²) < 4.78 is 3.84.